The van der Waals surface area contributed by atoms with Crippen LogP contribution in [0.4, 0.5) is 0 Å². The molecule has 2 N–H and O–H groups in total. The van der Waals surface area contributed by atoms with E-state index in [0.717, 1.165) is 17.0 Å². The lowest BCUT2D eigenvalue weighted by Crippen LogP contribution is -2.26. The number of H-pyrrole nitrogens is 1. The molecular weight excluding hydrogens is 376 g/mol. The lowest BCUT2D eigenvalue weighted by atomic mass is 10.1. The van der Waals surface area contributed by atoms with Crippen LogP contribution < -0.4 is 15.6 Å². The predicted octanol–water partition coefficient (Wildman–Crippen LogP) is 4.76. The molecule has 0 atom stereocenters. The van der Waals surface area contributed by atoms with Crippen molar-refractivity contribution in [3.63, 3.8) is 0 Å². The summed E-state index contributed by atoms with van der Waals surface area (Å²) in [5.74, 6) is 1.12. The fourth-order valence-electron chi connectivity index (χ4n) is 3.01. The first-order valence-corrected chi connectivity index (χ1v) is 9.58. The molecular formula is C25H20N2O3. The molecule has 1 aromatic heterocycles. The molecule has 0 bridgehead atoms. The number of aromatic amines is 1. The summed E-state index contributed by atoms with van der Waals surface area (Å²) in [4.78, 5) is 27.6. The van der Waals surface area contributed by atoms with Gasteiger partial charge in [0, 0.05) is 23.4 Å². The Labute approximate surface area is 174 Å². The van der Waals surface area contributed by atoms with Crippen LogP contribution in [-0.2, 0) is 6.54 Å². The largest absolute Gasteiger partial charge is 0.457 e. The Morgan fingerprint density at radius 3 is 2.07 bits per heavy atom. The fraction of sp³-hybridized carbons (Fsp3) is 0.0400. The van der Waals surface area contributed by atoms with Crippen molar-refractivity contribution < 1.29 is 9.53 Å². The number of carbonyl (C=O) groups excluding carboxylic acids is 1. The molecule has 4 rings (SSSR count). The summed E-state index contributed by atoms with van der Waals surface area (Å²) in [6.07, 6.45) is 0. The molecule has 0 spiro atoms. The Morgan fingerprint density at radius 1 is 0.767 bits per heavy atom. The van der Waals surface area contributed by atoms with Crippen molar-refractivity contribution in [3.8, 4) is 22.8 Å². The molecule has 4 aromatic rings. The molecule has 30 heavy (non-hydrogen) atoms. The van der Waals surface area contributed by atoms with Crippen molar-refractivity contribution in [3.05, 3.63) is 119 Å². The molecule has 3 aromatic carbocycles. The highest BCUT2D eigenvalue weighted by molar-refractivity contribution is 5.94. The average molecular weight is 396 g/mol. The van der Waals surface area contributed by atoms with Gasteiger partial charge in [-0.3, -0.25) is 9.59 Å². The van der Waals surface area contributed by atoms with Crippen LogP contribution in [0.5, 0.6) is 11.5 Å². The molecule has 0 saturated carbocycles. The van der Waals surface area contributed by atoms with Crippen LogP contribution in [0.3, 0.4) is 0 Å². The highest BCUT2D eigenvalue weighted by Crippen LogP contribution is 2.21. The maximum Gasteiger partial charge on any atom is 0.253 e. The van der Waals surface area contributed by atoms with Crippen molar-refractivity contribution in [2.45, 2.75) is 6.54 Å². The minimum atomic E-state index is -0.257. The van der Waals surface area contributed by atoms with Gasteiger partial charge in [0.15, 0.2) is 0 Å². The van der Waals surface area contributed by atoms with Gasteiger partial charge in [0.25, 0.3) is 11.5 Å². The number of aromatic nitrogens is 1. The number of amides is 1. The lowest BCUT2D eigenvalue weighted by molar-refractivity contribution is 0.0951. The Kier molecular flexibility index (Phi) is 5.71. The third-order valence-corrected chi connectivity index (χ3v) is 4.61. The molecule has 0 radical (unpaired) electrons. The zero-order valence-corrected chi connectivity index (χ0v) is 16.2. The summed E-state index contributed by atoms with van der Waals surface area (Å²) in [7, 11) is 0. The van der Waals surface area contributed by atoms with E-state index in [1.54, 1.807) is 30.3 Å². The minimum absolute atomic E-state index is 0.144. The molecule has 0 aliphatic heterocycles. The van der Waals surface area contributed by atoms with E-state index in [2.05, 4.69) is 10.3 Å². The summed E-state index contributed by atoms with van der Waals surface area (Å²) in [6.45, 7) is 0.144. The number of para-hydroxylation sites is 1. The zero-order chi connectivity index (χ0) is 20.8. The molecule has 5 heteroatoms. The molecule has 0 saturated heterocycles. The zero-order valence-electron chi connectivity index (χ0n) is 16.2. The first-order chi connectivity index (χ1) is 14.7. The van der Waals surface area contributed by atoms with Crippen LogP contribution >= 0.6 is 0 Å². The third-order valence-electron chi connectivity index (χ3n) is 4.61. The number of carbonyl (C=O) groups is 1. The van der Waals surface area contributed by atoms with E-state index >= 15 is 0 Å². The summed E-state index contributed by atoms with van der Waals surface area (Å²) in [5.41, 5.74) is 2.44. The first-order valence-electron chi connectivity index (χ1n) is 9.58. The van der Waals surface area contributed by atoms with Crippen molar-refractivity contribution in [1.29, 1.82) is 0 Å². The second-order valence-electron chi connectivity index (χ2n) is 6.71. The number of hydrogen-bond acceptors (Lipinski definition) is 3. The van der Waals surface area contributed by atoms with Crippen LogP contribution in [0.25, 0.3) is 11.3 Å². The molecule has 1 heterocycles. The number of ether oxygens (including phenoxy) is 1. The van der Waals surface area contributed by atoms with Gasteiger partial charge < -0.3 is 15.0 Å². The van der Waals surface area contributed by atoms with Crippen molar-refractivity contribution in [1.82, 2.24) is 10.3 Å². The van der Waals surface area contributed by atoms with Gasteiger partial charge in [0.2, 0.25) is 0 Å². The highest BCUT2D eigenvalue weighted by Gasteiger charge is 2.08. The van der Waals surface area contributed by atoms with Crippen LogP contribution in [0.2, 0.25) is 0 Å². The van der Waals surface area contributed by atoms with Crippen molar-refractivity contribution >= 4 is 5.91 Å². The van der Waals surface area contributed by atoms with E-state index in [4.69, 9.17) is 4.74 Å². The van der Waals surface area contributed by atoms with E-state index in [1.807, 2.05) is 66.7 Å². The van der Waals surface area contributed by atoms with E-state index in [9.17, 15) is 9.59 Å². The standard InChI is InChI=1S/C25H20N2O3/c28-24(19-11-14-22(15-12-19)30-21-9-5-2-6-10-21)26-17-20-13-16-23(27-25(20)29)18-7-3-1-4-8-18/h1-16H,17H2,(H,26,28)(H,27,29). The second-order valence-corrected chi connectivity index (χ2v) is 6.71. The highest BCUT2D eigenvalue weighted by atomic mass is 16.5. The summed E-state index contributed by atoms with van der Waals surface area (Å²) < 4.78 is 5.73. The molecule has 0 fully saturated rings. The number of nitrogens with one attached hydrogen (secondary N) is 2. The summed E-state index contributed by atoms with van der Waals surface area (Å²) in [5, 5.41) is 2.78. The molecule has 0 unspecified atom stereocenters. The van der Waals surface area contributed by atoms with Gasteiger partial charge in [-0.1, -0.05) is 48.5 Å². The lowest BCUT2D eigenvalue weighted by Gasteiger charge is -2.08. The Balaban J connectivity index is 1.38. The van der Waals surface area contributed by atoms with Gasteiger partial charge in [0.05, 0.1) is 0 Å². The van der Waals surface area contributed by atoms with Crippen LogP contribution in [0.15, 0.2) is 102 Å². The first kappa shape index (κ1) is 19.2. The van der Waals surface area contributed by atoms with Gasteiger partial charge in [-0.25, -0.2) is 0 Å². The van der Waals surface area contributed by atoms with Crippen molar-refractivity contribution in [2.24, 2.45) is 0 Å². The second kappa shape index (κ2) is 8.92. The SMILES string of the molecule is O=C(NCc1ccc(-c2ccccc2)[nH]c1=O)c1ccc(Oc2ccccc2)cc1. The van der Waals surface area contributed by atoms with Crippen molar-refractivity contribution in [2.75, 3.05) is 0 Å². The monoisotopic (exact) mass is 396 g/mol. The maximum atomic E-state index is 12.4. The van der Waals surface area contributed by atoms with Crippen LogP contribution in [0, 0.1) is 0 Å². The Morgan fingerprint density at radius 2 is 1.40 bits per heavy atom. The molecule has 148 valence electrons. The molecule has 0 aliphatic carbocycles. The summed E-state index contributed by atoms with van der Waals surface area (Å²) >= 11 is 0. The Hall–Kier alpha value is -4.12. The van der Waals surface area contributed by atoms with Crippen LogP contribution in [0.1, 0.15) is 15.9 Å². The van der Waals surface area contributed by atoms with Gasteiger partial charge in [0.1, 0.15) is 11.5 Å². The fourth-order valence-corrected chi connectivity index (χ4v) is 3.01. The van der Waals surface area contributed by atoms with E-state index in [0.29, 0.717) is 16.9 Å². The average Bonchev–Trinajstić information content (AvgIpc) is 2.80. The third kappa shape index (κ3) is 4.64. The summed E-state index contributed by atoms with van der Waals surface area (Å²) in [6, 6.07) is 29.5. The molecule has 1 amide bonds. The predicted molar refractivity (Wildman–Crippen MR) is 117 cm³/mol. The van der Waals surface area contributed by atoms with Gasteiger partial charge in [-0.05, 0) is 54.1 Å². The maximum absolute atomic E-state index is 12.4. The van der Waals surface area contributed by atoms with Gasteiger partial charge in [-0.2, -0.15) is 0 Å². The van der Waals surface area contributed by atoms with E-state index < -0.39 is 0 Å². The topological polar surface area (TPSA) is 71.2 Å². The smallest absolute Gasteiger partial charge is 0.253 e. The van der Waals surface area contributed by atoms with Crippen LogP contribution in [-0.4, -0.2) is 10.9 Å². The quantitative estimate of drug-likeness (QED) is 0.493. The normalized spacial score (nSPS) is 10.4. The molecule has 0 aliphatic rings. The molecule has 5 nitrogen and oxygen atoms in total. The van der Waals surface area contributed by atoms with Gasteiger partial charge in [-0.15, -0.1) is 0 Å². The Bertz CT molecular complexity index is 1180. The minimum Gasteiger partial charge on any atom is -0.457 e. The number of pyridine rings is 1. The number of benzene rings is 3. The van der Waals surface area contributed by atoms with Gasteiger partial charge >= 0.3 is 0 Å². The van der Waals surface area contributed by atoms with E-state index in [1.165, 1.54) is 0 Å². The number of rotatable bonds is 6. The van der Waals surface area contributed by atoms with E-state index in [-0.39, 0.29) is 18.0 Å². The number of hydrogen-bond donors (Lipinski definition) is 2.